The van der Waals surface area contributed by atoms with Crippen LogP contribution in [0.4, 0.5) is 18.3 Å². The van der Waals surface area contributed by atoms with Crippen LogP contribution in [0.5, 0.6) is 0 Å². The molecule has 1 aromatic heterocycles. The lowest BCUT2D eigenvalue weighted by molar-refractivity contribution is -0.137. The molecule has 2 heterocycles. The third kappa shape index (κ3) is 3.64. The van der Waals surface area contributed by atoms with Gasteiger partial charge in [-0.15, -0.1) is 11.3 Å². The van der Waals surface area contributed by atoms with Crippen LogP contribution in [0.2, 0.25) is 0 Å². The average molecular weight is 341 g/mol. The number of halogens is 3. The molecule has 1 fully saturated rings. The molecule has 0 bridgehead atoms. The summed E-state index contributed by atoms with van der Waals surface area (Å²) in [6.07, 6.45) is -1.88. The monoisotopic (exact) mass is 341 g/mol. The molecule has 1 atom stereocenters. The summed E-state index contributed by atoms with van der Waals surface area (Å²) in [5, 5.41) is 5.67. The number of benzene rings is 1. The van der Waals surface area contributed by atoms with E-state index in [0.717, 1.165) is 30.2 Å². The molecule has 1 amide bonds. The average Bonchev–Trinajstić information content (AvgIpc) is 3.17. The molecule has 122 valence electrons. The van der Waals surface area contributed by atoms with Crippen molar-refractivity contribution < 1.29 is 18.0 Å². The van der Waals surface area contributed by atoms with Gasteiger partial charge in [0.2, 0.25) is 0 Å². The second kappa shape index (κ2) is 6.19. The first kappa shape index (κ1) is 15.8. The Morgan fingerprint density at radius 2 is 2.04 bits per heavy atom. The lowest BCUT2D eigenvalue weighted by Crippen LogP contribution is -2.37. The Hall–Kier alpha value is -2.09. The highest BCUT2D eigenvalue weighted by atomic mass is 32.1. The Morgan fingerprint density at radius 1 is 1.30 bits per heavy atom. The van der Waals surface area contributed by atoms with Crippen molar-refractivity contribution in [1.82, 2.24) is 10.3 Å². The van der Waals surface area contributed by atoms with Crippen molar-refractivity contribution >= 4 is 22.4 Å². The van der Waals surface area contributed by atoms with Gasteiger partial charge in [-0.3, -0.25) is 4.79 Å². The molecule has 0 aliphatic carbocycles. The molecule has 1 aliphatic rings. The van der Waals surface area contributed by atoms with Gasteiger partial charge in [-0.2, -0.15) is 13.2 Å². The minimum Gasteiger partial charge on any atom is -0.347 e. The highest BCUT2D eigenvalue weighted by molar-refractivity contribution is 7.13. The van der Waals surface area contributed by atoms with E-state index >= 15 is 0 Å². The van der Waals surface area contributed by atoms with Crippen LogP contribution in [0.3, 0.4) is 0 Å². The van der Waals surface area contributed by atoms with Gasteiger partial charge in [-0.05, 0) is 30.7 Å². The summed E-state index contributed by atoms with van der Waals surface area (Å²) in [5.74, 6) is -0.357. The van der Waals surface area contributed by atoms with Gasteiger partial charge in [0.1, 0.15) is 0 Å². The number of rotatable bonds is 3. The number of carbonyl (C=O) groups excluding carboxylic acids is 1. The number of amides is 1. The second-order valence-electron chi connectivity index (χ2n) is 5.29. The Morgan fingerprint density at radius 3 is 2.65 bits per heavy atom. The molecule has 1 aliphatic heterocycles. The Labute approximate surface area is 135 Å². The minimum absolute atomic E-state index is 0.0336. The predicted molar refractivity (Wildman–Crippen MR) is 81.6 cm³/mol. The summed E-state index contributed by atoms with van der Waals surface area (Å²) in [7, 11) is 0. The summed E-state index contributed by atoms with van der Waals surface area (Å²) < 4.78 is 37.5. The second-order valence-corrected chi connectivity index (χ2v) is 6.17. The molecule has 1 aromatic carbocycles. The number of hydrogen-bond donors (Lipinski definition) is 1. The van der Waals surface area contributed by atoms with E-state index in [2.05, 4.69) is 15.2 Å². The van der Waals surface area contributed by atoms with Crippen LogP contribution in [-0.2, 0) is 6.18 Å². The first-order valence-electron chi connectivity index (χ1n) is 7.06. The molecule has 8 heteroatoms. The molecule has 0 unspecified atom stereocenters. The normalized spacial score (nSPS) is 18.2. The zero-order valence-corrected chi connectivity index (χ0v) is 12.8. The van der Waals surface area contributed by atoms with Crippen LogP contribution in [0, 0.1) is 0 Å². The van der Waals surface area contributed by atoms with E-state index in [-0.39, 0.29) is 17.5 Å². The summed E-state index contributed by atoms with van der Waals surface area (Å²) >= 11 is 1.54. The number of nitrogens with zero attached hydrogens (tertiary/aromatic N) is 2. The van der Waals surface area contributed by atoms with Gasteiger partial charge in [-0.25, -0.2) is 4.98 Å². The SMILES string of the molecule is O=C(N[C@@H]1CCN(c2nccs2)C1)c1ccc(C(F)(F)F)cc1. The molecule has 1 saturated heterocycles. The largest absolute Gasteiger partial charge is 0.416 e. The number of nitrogens with one attached hydrogen (secondary N) is 1. The van der Waals surface area contributed by atoms with E-state index in [1.54, 1.807) is 6.20 Å². The molecule has 0 spiro atoms. The zero-order valence-electron chi connectivity index (χ0n) is 12.0. The maximum absolute atomic E-state index is 12.5. The molecule has 0 radical (unpaired) electrons. The van der Waals surface area contributed by atoms with Gasteiger partial charge in [0.25, 0.3) is 5.91 Å². The summed E-state index contributed by atoms with van der Waals surface area (Å²) in [6.45, 7) is 1.45. The maximum atomic E-state index is 12.5. The van der Waals surface area contributed by atoms with Crippen LogP contribution in [0.25, 0.3) is 0 Å². The molecular weight excluding hydrogens is 327 g/mol. The van der Waals surface area contributed by atoms with Crippen LogP contribution in [-0.4, -0.2) is 30.0 Å². The molecule has 2 aromatic rings. The topological polar surface area (TPSA) is 45.2 Å². The van der Waals surface area contributed by atoms with E-state index in [4.69, 9.17) is 0 Å². The first-order valence-corrected chi connectivity index (χ1v) is 7.94. The lowest BCUT2D eigenvalue weighted by atomic mass is 10.1. The number of thiazole rings is 1. The fourth-order valence-electron chi connectivity index (χ4n) is 2.50. The highest BCUT2D eigenvalue weighted by Gasteiger charge is 2.30. The smallest absolute Gasteiger partial charge is 0.347 e. The van der Waals surface area contributed by atoms with Gasteiger partial charge >= 0.3 is 6.18 Å². The standard InChI is InChI=1S/C15H14F3N3OS/c16-15(17,18)11-3-1-10(2-4-11)13(22)20-12-5-7-21(9-12)14-19-6-8-23-14/h1-4,6,8,12H,5,7,9H2,(H,20,22)/t12-/m1/s1. The van der Waals surface area contributed by atoms with Crippen molar-refractivity contribution in [3.05, 3.63) is 47.0 Å². The third-order valence-corrected chi connectivity index (χ3v) is 4.52. The van der Waals surface area contributed by atoms with Gasteiger partial charge < -0.3 is 10.2 Å². The first-order chi connectivity index (χ1) is 10.9. The number of alkyl halides is 3. The summed E-state index contributed by atoms with van der Waals surface area (Å²) in [5.41, 5.74) is -0.532. The molecule has 3 rings (SSSR count). The summed E-state index contributed by atoms with van der Waals surface area (Å²) in [4.78, 5) is 18.4. The molecule has 4 nitrogen and oxygen atoms in total. The molecule has 0 saturated carbocycles. The quantitative estimate of drug-likeness (QED) is 0.933. The van der Waals surface area contributed by atoms with Gasteiger partial charge in [0, 0.05) is 36.3 Å². The highest BCUT2D eigenvalue weighted by Crippen LogP contribution is 2.29. The Bertz CT molecular complexity index is 670. The van der Waals surface area contributed by atoms with Crippen LogP contribution < -0.4 is 10.2 Å². The third-order valence-electron chi connectivity index (χ3n) is 3.69. The van der Waals surface area contributed by atoms with E-state index in [9.17, 15) is 18.0 Å². The molecule has 1 N–H and O–H groups in total. The van der Waals surface area contributed by atoms with Crippen LogP contribution in [0.1, 0.15) is 22.3 Å². The van der Waals surface area contributed by atoms with Crippen molar-refractivity contribution in [1.29, 1.82) is 0 Å². The predicted octanol–water partition coefficient (Wildman–Crippen LogP) is 3.17. The van der Waals surface area contributed by atoms with Crippen molar-refractivity contribution in [2.45, 2.75) is 18.6 Å². The zero-order chi connectivity index (χ0) is 16.4. The molecule has 23 heavy (non-hydrogen) atoms. The van der Waals surface area contributed by atoms with Gasteiger partial charge in [-0.1, -0.05) is 0 Å². The Balaban J connectivity index is 1.59. The number of anilines is 1. The van der Waals surface area contributed by atoms with Crippen LogP contribution in [0.15, 0.2) is 35.8 Å². The molecular formula is C15H14F3N3OS. The van der Waals surface area contributed by atoms with Crippen molar-refractivity contribution in [2.24, 2.45) is 0 Å². The number of aromatic nitrogens is 1. The van der Waals surface area contributed by atoms with E-state index in [0.29, 0.717) is 6.54 Å². The van der Waals surface area contributed by atoms with Crippen LogP contribution >= 0.6 is 11.3 Å². The van der Waals surface area contributed by atoms with E-state index < -0.39 is 11.7 Å². The number of hydrogen-bond acceptors (Lipinski definition) is 4. The van der Waals surface area contributed by atoms with Gasteiger partial charge in [0.15, 0.2) is 5.13 Å². The van der Waals surface area contributed by atoms with Crippen molar-refractivity contribution in [2.75, 3.05) is 18.0 Å². The van der Waals surface area contributed by atoms with Crippen molar-refractivity contribution in [3.63, 3.8) is 0 Å². The van der Waals surface area contributed by atoms with Gasteiger partial charge in [0.05, 0.1) is 5.56 Å². The van der Waals surface area contributed by atoms with E-state index in [1.807, 2.05) is 5.38 Å². The van der Waals surface area contributed by atoms with E-state index in [1.165, 1.54) is 23.5 Å². The Kier molecular flexibility index (Phi) is 4.25. The minimum atomic E-state index is -4.39. The lowest BCUT2D eigenvalue weighted by Gasteiger charge is -2.16. The van der Waals surface area contributed by atoms with Crippen molar-refractivity contribution in [3.8, 4) is 0 Å². The number of carbonyl (C=O) groups is 1. The summed E-state index contributed by atoms with van der Waals surface area (Å²) in [6, 6.07) is 4.21. The fourth-order valence-corrected chi connectivity index (χ4v) is 3.18. The fraction of sp³-hybridized carbons (Fsp3) is 0.333. The maximum Gasteiger partial charge on any atom is 0.416 e.